The Labute approximate surface area is 195 Å². The van der Waals surface area contributed by atoms with Crippen LogP contribution in [0.1, 0.15) is 40.9 Å². The molecule has 0 aliphatic carbocycles. The molecule has 0 radical (unpaired) electrons. The van der Waals surface area contributed by atoms with Crippen LogP contribution < -0.4 is 4.74 Å². The number of hydrogen-bond donors (Lipinski definition) is 0. The van der Waals surface area contributed by atoms with Crippen molar-refractivity contribution < 1.29 is 13.9 Å². The van der Waals surface area contributed by atoms with Gasteiger partial charge in [-0.2, -0.15) is 0 Å². The first kappa shape index (κ1) is 21.8. The quantitative estimate of drug-likeness (QED) is 0.320. The van der Waals surface area contributed by atoms with Crippen LogP contribution in [0.15, 0.2) is 42.9 Å². The highest BCUT2D eigenvalue weighted by atomic mass is 127. The van der Waals surface area contributed by atoms with Gasteiger partial charge in [0.05, 0.1) is 3.42 Å². The Kier molecular flexibility index (Phi) is 5.81. The number of rotatable bonds is 6. The van der Waals surface area contributed by atoms with Gasteiger partial charge in [-0.05, 0) is 49.6 Å². The van der Waals surface area contributed by atoms with E-state index in [-0.39, 0.29) is 21.7 Å². The number of fused-ring (bicyclic) bond motifs is 1. The Balaban J connectivity index is 1.54. The number of pyridine rings is 1. The predicted octanol–water partition coefficient (Wildman–Crippen LogP) is 5.28. The Bertz CT molecular complexity index is 1150. The largest absolute Gasteiger partial charge is 0.476 e. The van der Waals surface area contributed by atoms with Crippen molar-refractivity contribution in [3.05, 3.63) is 70.9 Å². The van der Waals surface area contributed by atoms with Crippen LogP contribution in [0.25, 0.3) is 11.1 Å². The zero-order valence-corrected chi connectivity index (χ0v) is 20.2. The standard InChI is InChI=1S/C24H25FIN3O2/c1-15-10-28(4)13-19(15)16-5-6-17(20(25)9-16)11-29-12-18-7-8-27-22(21(18)23(29)30)31-14-24(2,3)26/h5-10,13H,11-12,14H2,1-4H3. The number of benzene rings is 1. The number of aromatic nitrogens is 2. The van der Waals surface area contributed by atoms with Crippen LogP contribution in [0.5, 0.6) is 5.88 Å². The fourth-order valence-corrected chi connectivity index (χ4v) is 3.98. The molecular formula is C24H25FIN3O2. The van der Waals surface area contributed by atoms with E-state index >= 15 is 0 Å². The summed E-state index contributed by atoms with van der Waals surface area (Å²) in [6.45, 7) is 7.17. The summed E-state index contributed by atoms with van der Waals surface area (Å²) in [5.41, 5.74) is 4.76. The number of hydrogen-bond acceptors (Lipinski definition) is 3. The normalized spacial score (nSPS) is 13.6. The molecule has 5 nitrogen and oxygen atoms in total. The number of halogens is 2. The second-order valence-corrected chi connectivity index (χ2v) is 11.6. The molecule has 7 heteroatoms. The zero-order valence-electron chi connectivity index (χ0n) is 18.1. The Morgan fingerprint density at radius 3 is 2.68 bits per heavy atom. The van der Waals surface area contributed by atoms with Crippen molar-refractivity contribution in [2.75, 3.05) is 6.61 Å². The van der Waals surface area contributed by atoms with Gasteiger partial charge in [0.15, 0.2) is 0 Å². The molecule has 4 rings (SSSR count). The van der Waals surface area contributed by atoms with Gasteiger partial charge in [0.1, 0.15) is 18.0 Å². The van der Waals surface area contributed by atoms with E-state index in [1.165, 1.54) is 0 Å². The lowest BCUT2D eigenvalue weighted by molar-refractivity contribution is 0.0761. The minimum Gasteiger partial charge on any atom is -0.476 e. The van der Waals surface area contributed by atoms with Gasteiger partial charge in [-0.15, -0.1) is 0 Å². The molecule has 31 heavy (non-hydrogen) atoms. The van der Waals surface area contributed by atoms with Crippen LogP contribution in [0.4, 0.5) is 4.39 Å². The van der Waals surface area contributed by atoms with Gasteiger partial charge in [0, 0.05) is 49.9 Å². The van der Waals surface area contributed by atoms with E-state index in [1.807, 2.05) is 56.9 Å². The molecule has 0 saturated carbocycles. The van der Waals surface area contributed by atoms with Gasteiger partial charge in [0.2, 0.25) is 5.88 Å². The summed E-state index contributed by atoms with van der Waals surface area (Å²) in [7, 11) is 1.95. The van der Waals surface area contributed by atoms with Gasteiger partial charge in [-0.3, -0.25) is 4.79 Å². The van der Waals surface area contributed by atoms with Crippen molar-refractivity contribution >= 4 is 28.5 Å². The van der Waals surface area contributed by atoms with Crippen LogP contribution in [-0.2, 0) is 20.1 Å². The third kappa shape index (κ3) is 4.61. The third-order valence-electron chi connectivity index (χ3n) is 5.30. The molecule has 0 atom stereocenters. The van der Waals surface area contributed by atoms with E-state index in [4.69, 9.17) is 4.74 Å². The highest BCUT2D eigenvalue weighted by Crippen LogP contribution is 2.32. The zero-order chi connectivity index (χ0) is 22.3. The fourth-order valence-electron chi connectivity index (χ4n) is 3.82. The lowest BCUT2D eigenvalue weighted by Crippen LogP contribution is -2.25. The third-order valence-corrected chi connectivity index (χ3v) is 5.61. The van der Waals surface area contributed by atoms with Crippen LogP contribution >= 0.6 is 22.6 Å². The van der Waals surface area contributed by atoms with Crippen molar-refractivity contribution in [1.29, 1.82) is 0 Å². The second kappa shape index (κ2) is 8.26. The molecule has 2 aromatic heterocycles. The molecule has 1 amide bonds. The summed E-state index contributed by atoms with van der Waals surface area (Å²) < 4.78 is 22.7. The number of carbonyl (C=O) groups is 1. The Hall–Kier alpha value is -2.42. The monoisotopic (exact) mass is 533 g/mol. The summed E-state index contributed by atoms with van der Waals surface area (Å²) >= 11 is 2.30. The van der Waals surface area contributed by atoms with E-state index in [0.29, 0.717) is 30.2 Å². The van der Waals surface area contributed by atoms with Gasteiger partial charge < -0.3 is 14.2 Å². The molecule has 0 spiro atoms. The molecule has 0 saturated heterocycles. The molecule has 1 aliphatic heterocycles. The number of nitrogens with zero attached hydrogens (tertiary/aromatic N) is 3. The van der Waals surface area contributed by atoms with E-state index in [2.05, 4.69) is 27.6 Å². The van der Waals surface area contributed by atoms with E-state index in [1.54, 1.807) is 23.2 Å². The maximum atomic E-state index is 14.9. The predicted molar refractivity (Wildman–Crippen MR) is 127 cm³/mol. The van der Waals surface area contributed by atoms with Crippen molar-refractivity contribution in [3.8, 4) is 17.0 Å². The Morgan fingerprint density at radius 2 is 2.03 bits per heavy atom. The first-order valence-electron chi connectivity index (χ1n) is 10.1. The first-order chi connectivity index (χ1) is 14.6. The summed E-state index contributed by atoms with van der Waals surface area (Å²) in [5.74, 6) is -0.136. The van der Waals surface area contributed by atoms with Crippen LogP contribution in [0.2, 0.25) is 0 Å². The maximum Gasteiger partial charge on any atom is 0.260 e. The minimum atomic E-state index is -0.314. The van der Waals surface area contributed by atoms with Crippen LogP contribution in [-0.4, -0.2) is 30.4 Å². The first-order valence-corrected chi connectivity index (χ1v) is 11.2. The highest BCUT2D eigenvalue weighted by Gasteiger charge is 2.32. The second-order valence-electron chi connectivity index (χ2n) is 8.65. The molecule has 3 heterocycles. The number of amides is 1. The molecule has 1 aromatic carbocycles. The molecular weight excluding hydrogens is 508 g/mol. The molecule has 3 aromatic rings. The van der Waals surface area contributed by atoms with E-state index < -0.39 is 0 Å². The van der Waals surface area contributed by atoms with Gasteiger partial charge in [-0.1, -0.05) is 34.7 Å². The highest BCUT2D eigenvalue weighted by molar-refractivity contribution is 14.1. The van der Waals surface area contributed by atoms with Gasteiger partial charge in [0.25, 0.3) is 5.91 Å². The van der Waals surface area contributed by atoms with Crippen LogP contribution in [0.3, 0.4) is 0 Å². The van der Waals surface area contributed by atoms with Crippen molar-refractivity contribution in [2.45, 2.75) is 37.3 Å². The van der Waals surface area contributed by atoms with Crippen molar-refractivity contribution in [3.63, 3.8) is 0 Å². The summed E-state index contributed by atoms with van der Waals surface area (Å²) in [4.78, 5) is 19.0. The lowest BCUT2D eigenvalue weighted by atomic mass is 10.0. The topological polar surface area (TPSA) is 47.4 Å². The number of alkyl halides is 1. The van der Waals surface area contributed by atoms with E-state index in [0.717, 1.165) is 22.3 Å². The Morgan fingerprint density at radius 1 is 1.26 bits per heavy atom. The molecule has 0 bridgehead atoms. The fraction of sp³-hybridized carbons (Fsp3) is 0.333. The van der Waals surface area contributed by atoms with Crippen molar-refractivity contribution in [1.82, 2.24) is 14.5 Å². The summed E-state index contributed by atoms with van der Waals surface area (Å²) in [5, 5.41) is 0. The SMILES string of the molecule is Cc1cn(C)cc1-c1ccc(CN2Cc3ccnc(OCC(C)(C)I)c3C2=O)c(F)c1. The average molecular weight is 533 g/mol. The average Bonchev–Trinajstić information content (AvgIpc) is 3.20. The van der Waals surface area contributed by atoms with Gasteiger partial charge >= 0.3 is 0 Å². The number of ether oxygens (including phenoxy) is 1. The lowest BCUT2D eigenvalue weighted by Gasteiger charge is -2.18. The summed E-state index contributed by atoms with van der Waals surface area (Å²) in [6.07, 6.45) is 5.65. The van der Waals surface area contributed by atoms with Gasteiger partial charge in [-0.25, -0.2) is 9.37 Å². The minimum absolute atomic E-state index is 0.0779. The summed E-state index contributed by atoms with van der Waals surface area (Å²) in [6, 6.07) is 7.05. The maximum absolute atomic E-state index is 14.9. The number of carbonyl (C=O) groups excluding carboxylic acids is 1. The molecule has 0 fully saturated rings. The van der Waals surface area contributed by atoms with E-state index in [9.17, 15) is 9.18 Å². The molecule has 0 N–H and O–H groups in total. The van der Waals surface area contributed by atoms with Crippen molar-refractivity contribution in [2.24, 2.45) is 7.05 Å². The smallest absolute Gasteiger partial charge is 0.260 e. The van der Waals surface area contributed by atoms with Crippen LogP contribution in [0, 0.1) is 12.7 Å². The molecule has 162 valence electrons. The number of aryl methyl sites for hydroxylation is 2. The molecule has 1 aliphatic rings. The molecule has 0 unspecified atom stereocenters.